The van der Waals surface area contributed by atoms with Crippen molar-refractivity contribution in [2.24, 2.45) is 0 Å². The highest BCUT2D eigenvalue weighted by Crippen LogP contribution is 2.46. The van der Waals surface area contributed by atoms with Gasteiger partial charge in [-0.05, 0) is 62.7 Å². The Hall–Kier alpha value is -3.01. The Bertz CT molecular complexity index is 1130. The number of hydrogen-bond donors (Lipinski definition) is 0. The molecule has 0 bridgehead atoms. The van der Waals surface area contributed by atoms with E-state index in [1.165, 1.54) is 22.6 Å². The molecule has 0 fully saturated rings. The zero-order chi connectivity index (χ0) is 17.8. The van der Waals surface area contributed by atoms with Gasteiger partial charge in [0.25, 0.3) is 0 Å². The van der Waals surface area contributed by atoms with Gasteiger partial charge in [0.2, 0.25) is 5.71 Å². The van der Waals surface area contributed by atoms with Crippen LogP contribution in [0.2, 0.25) is 0 Å². The summed E-state index contributed by atoms with van der Waals surface area (Å²) in [5.41, 5.74) is 6.60. The lowest BCUT2D eigenvalue weighted by molar-refractivity contribution is 0.653. The molecule has 0 saturated carbocycles. The van der Waals surface area contributed by atoms with Crippen LogP contribution in [0.15, 0.2) is 59.1 Å². The van der Waals surface area contributed by atoms with Gasteiger partial charge in [0.1, 0.15) is 11.7 Å². The number of para-hydroxylation sites is 2. The van der Waals surface area contributed by atoms with Gasteiger partial charge < -0.3 is 14.2 Å². The average Bonchev–Trinajstić information content (AvgIpc) is 3.17. The largest absolute Gasteiger partial charge is 0.438 e. The number of fused-ring (bicyclic) bond motifs is 4. The lowest BCUT2D eigenvalue weighted by Gasteiger charge is -2.30. The zero-order valence-electron chi connectivity index (χ0n) is 15.2. The van der Waals surface area contributed by atoms with Crippen molar-refractivity contribution in [2.45, 2.75) is 26.9 Å². The summed E-state index contributed by atoms with van der Waals surface area (Å²) in [5.74, 6) is 0. The first-order valence-electron chi connectivity index (χ1n) is 9.12. The van der Waals surface area contributed by atoms with E-state index in [9.17, 15) is 0 Å². The van der Waals surface area contributed by atoms with Crippen molar-refractivity contribution < 1.29 is 4.42 Å². The molecule has 0 amide bonds. The summed E-state index contributed by atoms with van der Waals surface area (Å²) in [6, 6.07) is 16.9. The molecule has 1 aliphatic heterocycles. The Morgan fingerprint density at radius 3 is 2.62 bits per heavy atom. The van der Waals surface area contributed by atoms with Crippen LogP contribution in [0.4, 0.5) is 17.1 Å². The molecule has 1 atom stereocenters. The Morgan fingerprint density at radius 2 is 1.81 bits per heavy atom. The van der Waals surface area contributed by atoms with Crippen molar-refractivity contribution >= 4 is 39.1 Å². The third kappa shape index (κ3) is 1.93. The van der Waals surface area contributed by atoms with Crippen LogP contribution >= 0.6 is 0 Å². The summed E-state index contributed by atoms with van der Waals surface area (Å²) in [4.78, 5) is 9.25. The van der Waals surface area contributed by atoms with Gasteiger partial charge in [-0.1, -0.05) is 12.1 Å². The van der Waals surface area contributed by atoms with E-state index in [1.807, 2.05) is 6.07 Å². The molecule has 0 aliphatic carbocycles. The van der Waals surface area contributed by atoms with E-state index in [-0.39, 0.29) is 6.17 Å². The average molecular weight is 343 g/mol. The first kappa shape index (κ1) is 15.3. The molecule has 0 spiro atoms. The molecule has 0 saturated heterocycles. The second kappa shape index (κ2) is 5.49. The molecule has 5 rings (SSSR count). The first-order chi connectivity index (χ1) is 12.7. The number of anilines is 3. The van der Waals surface area contributed by atoms with Crippen molar-refractivity contribution in [3.63, 3.8) is 0 Å². The van der Waals surface area contributed by atoms with Crippen molar-refractivity contribution in [3.05, 3.63) is 60.3 Å². The number of rotatable bonds is 2. The Balaban J connectivity index is 1.77. The minimum Gasteiger partial charge on any atom is -0.438 e. The fourth-order valence-electron chi connectivity index (χ4n) is 4.34. The van der Waals surface area contributed by atoms with Gasteiger partial charge in [-0.3, -0.25) is 0 Å². The summed E-state index contributed by atoms with van der Waals surface area (Å²) in [7, 11) is 0. The zero-order valence-corrected chi connectivity index (χ0v) is 15.2. The van der Waals surface area contributed by atoms with Crippen LogP contribution in [-0.4, -0.2) is 17.7 Å². The first-order valence-corrected chi connectivity index (χ1v) is 9.12. The number of nitrogens with zero attached hydrogens (tertiary/aromatic N) is 3. The van der Waals surface area contributed by atoms with E-state index in [0.717, 1.165) is 22.9 Å². The Kier molecular flexibility index (Phi) is 3.23. The maximum atomic E-state index is 5.95. The maximum Gasteiger partial charge on any atom is 0.227 e. The van der Waals surface area contributed by atoms with Crippen LogP contribution < -0.4 is 9.80 Å². The third-order valence-corrected chi connectivity index (χ3v) is 5.52. The topological polar surface area (TPSA) is 32.5 Å². The number of pyridine rings is 1. The number of benzene rings is 2. The molecule has 2 aromatic carbocycles. The molecule has 2 aromatic heterocycles. The van der Waals surface area contributed by atoms with Crippen LogP contribution in [0.25, 0.3) is 22.1 Å². The second-order valence-electron chi connectivity index (χ2n) is 6.82. The monoisotopic (exact) mass is 343 g/mol. The molecule has 4 nitrogen and oxygen atoms in total. The summed E-state index contributed by atoms with van der Waals surface area (Å²) in [6.45, 7) is 7.64. The van der Waals surface area contributed by atoms with E-state index in [1.54, 1.807) is 6.20 Å². The quantitative estimate of drug-likeness (QED) is 0.473. The lowest BCUT2D eigenvalue weighted by atomic mass is 10.1. The molecule has 26 heavy (non-hydrogen) atoms. The molecule has 130 valence electrons. The van der Waals surface area contributed by atoms with E-state index < -0.39 is 0 Å². The van der Waals surface area contributed by atoms with Gasteiger partial charge in [-0.25, -0.2) is 4.98 Å². The summed E-state index contributed by atoms with van der Waals surface area (Å²) in [5, 5.41) is 2.24. The molecule has 0 unspecified atom stereocenters. The number of furan rings is 1. The highest BCUT2D eigenvalue weighted by molar-refractivity contribution is 6.07. The SMILES string of the molecule is CCN1c2ccccc2N(c2ccc3oc4ncccc4c3c2C)[C@H]1C. The van der Waals surface area contributed by atoms with E-state index in [4.69, 9.17) is 4.42 Å². The van der Waals surface area contributed by atoms with Crippen LogP contribution in [0.3, 0.4) is 0 Å². The van der Waals surface area contributed by atoms with Gasteiger partial charge in [-0.15, -0.1) is 0 Å². The number of hydrogen-bond acceptors (Lipinski definition) is 4. The normalized spacial score (nSPS) is 16.7. The summed E-state index contributed by atoms with van der Waals surface area (Å²) >= 11 is 0. The van der Waals surface area contributed by atoms with Gasteiger partial charge in [0.15, 0.2) is 0 Å². The van der Waals surface area contributed by atoms with Crippen molar-refractivity contribution in [2.75, 3.05) is 16.3 Å². The smallest absolute Gasteiger partial charge is 0.227 e. The second-order valence-corrected chi connectivity index (χ2v) is 6.82. The minimum atomic E-state index is 0.268. The summed E-state index contributed by atoms with van der Waals surface area (Å²) in [6.07, 6.45) is 2.05. The van der Waals surface area contributed by atoms with Crippen molar-refractivity contribution in [3.8, 4) is 0 Å². The number of aromatic nitrogens is 1. The predicted octanol–water partition coefficient (Wildman–Crippen LogP) is 5.61. The Morgan fingerprint density at radius 1 is 1.00 bits per heavy atom. The van der Waals surface area contributed by atoms with E-state index in [0.29, 0.717) is 5.71 Å². The molecule has 0 radical (unpaired) electrons. The highest BCUT2D eigenvalue weighted by atomic mass is 16.3. The molecule has 3 heterocycles. The van der Waals surface area contributed by atoms with Crippen molar-refractivity contribution in [1.29, 1.82) is 0 Å². The van der Waals surface area contributed by atoms with Gasteiger partial charge in [0, 0.05) is 29.2 Å². The summed E-state index contributed by atoms with van der Waals surface area (Å²) < 4.78 is 5.95. The lowest BCUT2D eigenvalue weighted by Crippen LogP contribution is -2.38. The van der Waals surface area contributed by atoms with Crippen LogP contribution in [-0.2, 0) is 0 Å². The Labute approximate surface area is 152 Å². The van der Waals surface area contributed by atoms with E-state index in [2.05, 4.69) is 78.0 Å². The molecule has 1 aliphatic rings. The van der Waals surface area contributed by atoms with Crippen LogP contribution in [0, 0.1) is 6.92 Å². The standard InChI is InChI=1S/C22H21N3O/c1-4-24-15(3)25(19-10-6-5-9-18(19)24)17-11-12-20-21(14(17)2)16-8-7-13-23-22(16)26-20/h5-13,15H,4H2,1-3H3/t15-/m0/s1. The minimum absolute atomic E-state index is 0.268. The third-order valence-electron chi connectivity index (χ3n) is 5.52. The molecule has 4 aromatic rings. The molecule has 0 N–H and O–H groups in total. The fourth-order valence-corrected chi connectivity index (χ4v) is 4.34. The highest BCUT2D eigenvalue weighted by Gasteiger charge is 2.33. The van der Waals surface area contributed by atoms with Gasteiger partial charge in [0.05, 0.1) is 11.4 Å². The molecule has 4 heteroatoms. The maximum absolute atomic E-state index is 5.95. The predicted molar refractivity (Wildman–Crippen MR) is 107 cm³/mol. The fraction of sp³-hybridized carbons (Fsp3) is 0.227. The van der Waals surface area contributed by atoms with Crippen LogP contribution in [0.1, 0.15) is 19.4 Å². The molecular formula is C22H21N3O. The molecular weight excluding hydrogens is 322 g/mol. The van der Waals surface area contributed by atoms with Crippen molar-refractivity contribution in [1.82, 2.24) is 4.98 Å². The van der Waals surface area contributed by atoms with Gasteiger partial charge >= 0.3 is 0 Å². The number of aryl methyl sites for hydroxylation is 1. The van der Waals surface area contributed by atoms with Gasteiger partial charge in [-0.2, -0.15) is 0 Å². The van der Waals surface area contributed by atoms with Crippen LogP contribution in [0.5, 0.6) is 0 Å². The van der Waals surface area contributed by atoms with E-state index >= 15 is 0 Å².